The molecule has 0 bridgehead atoms. The van der Waals surface area contributed by atoms with E-state index in [9.17, 15) is 13.2 Å². The number of anilines is 1. The summed E-state index contributed by atoms with van der Waals surface area (Å²) in [7, 11) is -4.02. The maximum atomic E-state index is 14.0. The number of rotatable bonds is 8. The first-order valence-electron chi connectivity index (χ1n) is 11.8. The molecule has 0 saturated carbocycles. The van der Waals surface area contributed by atoms with E-state index in [0.29, 0.717) is 30.1 Å². The van der Waals surface area contributed by atoms with E-state index in [1.165, 1.54) is 15.6 Å². The van der Waals surface area contributed by atoms with Gasteiger partial charge in [-0.1, -0.05) is 42.5 Å². The van der Waals surface area contributed by atoms with Gasteiger partial charge in [0.25, 0.3) is 0 Å². The fraction of sp³-hybridized carbons (Fsp3) is 0.185. The average Bonchev–Trinajstić information content (AvgIpc) is 3.50. The van der Waals surface area contributed by atoms with Crippen molar-refractivity contribution in [3.63, 3.8) is 0 Å². The lowest BCUT2D eigenvalue weighted by Crippen LogP contribution is -2.44. The molecule has 0 aliphatic carbocycles. The molecule has 0 unspecified atom stereocenters. The number of nitrogens with zero attached hydrogens (tertiary/aromatic N) is 2. The van der Waals surface area contributed by atoms with Crippen LogP contribution in [0.2, 0.25) is 0 Å². The fourth-order valence-electron chi connectivity index (χ4n) is 4.63. The van der Waals surface area contributed by atoms with Gasteiger partial charge < -0.3 is 16.4 Å². The highest BCUT2D eigenvalue weighted by molar-refractivity contribution is 7.89. The molecular weight excluding hydrogens is 506 g/mol. The van der Waals surface area contributed by atoms with Gasteiger partial charge in [-0.2, -0.15) is 4.31 Å². The van der Waals surface area contributed by atoms with Gasteiger partial charge >= 0.3 is 0 Å². The van der Waals surface area contributed by atoms with E-state index >= 15 is 0 Å². The van der Waals surface area contributed by atoms with Crippen LogP contribution in [0.25, 0.3) is 10.8 Å². The summed E-state index contributed by atoms with van der Waals surface area (Å²) >= 11 is 1.35. The summed E-state index contributed by atoms with van der Waals surface area (Å²) in [5.41, 5.74) is 13.7. The molecule has 1 amide bonds. The Labute approximate surface area is 219 Å². The monoisotopic (exact) mass is 533 g/mol. The van der Waals surface area contributed by atoms with E-state index in [2.05, 4.69) is 0 Å². The molecule has 1 saturated heterocycles. The van der Waals surface area contributed by atoms with Gasteiger partial charge in [0.15, 0.2) is 0 Å². The lowest BCUT2D eigenvalue weighted by atomic mass is 10.1. The maximum Gasteiger partial charge on any atom is 0.244 e. The molecule has 1 atom stereocenters. The van der Waals surface area contributed by atoms with Crippen molar-refractivity contribution in [1.82, 2.24) is 9.21 Å². The van der Waals surface area contributed by atoms with Gasteiger partial charge in [0.1, 0.15) is 11.9 Å². The van der Waals surface area contributed by atoms with Crippen molar-refractivity contribution in [1.29, 1.82) is 5.41 Å². The second-order valence-electron chi connectivity index (χ2n) is 9.10. The summed E-state index contributed by atoms with van der Waals surface area (Å²) in [6.07, 6.45) is 0.384. The third-order valence-electron chi connectivity index (χ3n) is 6.53. The van der Waals surface area contributed by atoms with Crippen LogP contribution >= 0.6 is 11.3 Å². The summed E-state index contributed by atoms with van der Waals surface area (Å²) in [6.45, 7) is 0.854. The molecule has 2 heterocycles. The summed E-state index contributed by atoms with van der Waals surface area (Å²) < 4.78 is 29.4. The SMILES string of the molecule is N=C(N)c1cc(CN2CC[C@H](N(Cc3ccccc3)S(=O)(=O)c3ccc4ccc(N)cc4c3)C2=O)cs1. The topological polar surface area (TPSA) is 134 Å². The van der Waals surface area contributed by atoms with Gasteiger partial charge in [-0.05, 0) is 64.0 Å². The first-order valence-corrected chi connectivity index (χ1v) is 14.1. The number of amidine groups is 1. The van der Waals surface area contributed by atoms with Crippen LogP contribution in [0.4, 0.5) is 5.69 Å². The van der Waals surface area contributed by atoms with Gasteiger partial charge in [-0.15, -0.1) is 11.3 Å². The van der Waals surface area contributed by atoms with E-state index in [0.717, 1.165) is 21.9 Å². The summed E-state index contributed by atoms with van der Waals surface area (Å²) in [4.78, 5) is 16.0. The minimum atomic E-state index is -4.02. The Morgan fingerprint density at radius 2 is 1.78 bits per heavy atom. The minimum absolute atomic E-state index is 0.0147. The van der Waals surface area contributed by atoms with Crippen molar-refractivity contribution in [3.8, 4) is 0 Å². The number of nitrogens with one attached hydrogen (secondary N) is 1. The number of amides is 1. The van der Waals surface area contributed by atoms with Crippen LogP contribution in [0.1, 0.15) is 22.4 Å². The molecule has 1 aliphatic rings. The number of thiophene rings is 1. The Balaban J connectivity index is 1.47. The van der Waals surface area contributed by atoms with Crippen LogP contribution in [-0.2, 0) is 27.9 Å². The number of sulfonamides is 1. The quantitative estimate of drug-likeness (QED) is 0.180. The number of nitrogen functional groups attached to an aromatic ring is 2. The van der Waals surface area contributed by atoms with Crippen LogP contribution < -0.4 is 11.5 Å². The van der Waals surface area contributed by atoms with E-state index in [-0.39, 0.29) is 23.2 Å². The standard InChI is InChI=1S/C27H27N5O3S2/c28-22-8-6-20-7-9-23(14-21(20)13-22)37(34,35)32(16-18-4-2-1-3-5-18)24-10-11-31(27(24)33)15-19-12-25(26(29)30)36-17-19/h1-9,12-14,17,24H,10-11,15-16,28H2,(H3,29,30)/t24-/m0/s1. The molecule has 0 radical (unpaired) electrons. The Bertz CT molecular complexity index is 1580. The number of benzene rings is 3. The van der Waals surface area contributed by atoms with Crippen LogP contribution in [0.3, 0.4) is 0 Å². The zero-order valence-corrected chi connectivity index (χ0v) is 21.6. The zero-order valence-electron chi connectivity index (χ0n) is 20.0. The van der Waals surface area contributed by atoms with E-state index in [1.54, 1.807) is 41.3 Å². The van der Waals surface area contributed by atoms with Crippen molar-refractivity contribution in [3.05, 3.63) is 94.2 Å². The molecule has 1 fully saturated rings. The fourth-order valence-corrected chi connectivity index (χ4v) is 7.04. The average molecular weight is 534 g/mol. The maximum absolute atomic E-state index is 14.0. The number of carbonyl (C=O) groups is 1. The van der Waals surface area contributed by atoms with Crippen LogP contribution in [0.5, 0.6) is 0 Å². The van der Waals surface area contributed by atoms with Crippen LogP contribution in [-0.4, -0.2) is 42.0 Å². The van der Waals surface area contributed by atoms with Gasteiger partial charge in [-0.25, -0.2) is 8.42 Å². The highest BCUT2D eigenvalue weighted by atomic mass is 32.2. The third kappa shape index (κ3) is 5.08. The number of likely N-dealkylation sites (tertiary alicyclic amines) is 1. The first kappa shape index (κ1) is 24.9. The Hall–Kier alpha value is -3.73. The summed E-state index contributed by atoms with van der Waals surface area (Å²) in [6, 6.07) is 20.6. The molecule has 3 aromatic carbocycles. The number of hydrogen-bond acceptors (Lipinski definition) is 6. The highest BCUT2D eigenvalue weighted by Gasteiger charge is 2.42. The van der Waals surface area contributed by atoms with E-state index < -0.39 is 16.1 Å². The molecule has 1 aromatic heterocycles. The Morgan fingerprint density at radius 1 is 1.03 bits per heavy atom. The summed E-state index contributed by atoms with van der Waals surface area (Å²) in [5.74, 6) is -0.251. The molecule has 4 aromatic rings. The lowest BCUT2D eigenvalue weighted by Gasteiger charge is -2.27. The van der Waals surface area contributed by atoms with E-state index in [1.807, 2.05) is 41.8 Å². The number of nitrogens with two attached hydrogens (primary N) is 2. The molecule has 190 valence electrons. The first-order chi connectivity index (χ1) is 17.7. The molecular formula is C27H27N5O3S2. The van der Waals surface area contributed by atoms with Crippen molar-refractivity contribution in [2.45, 2.75) is 30.4 Å². The lowest BCUT2D eigenvalue weighted by molar-refractivity contribution is -0.131. The molecule has 5 rings (SSSR count). The molecule has 5 N–H and O–H groups in total. The molecule has 10 heteroatoms. The number of carbonyl (C=O) groups excluding carboxylic acids is 1. The zero-order chi connectivity index (χ0) is 26.2. The van der Waals surface area contributed by atoms with Crippen LogP contribution in [0.15, 0.2) is 83.1 Å². The van der Waals surface area contributed by atoms with Crippen molar-refractivity contribution in [2.24, 2.45) is 5.73 Å². The second-order valence-corrected chi connectivity index (χ2v) is 11.9. The van der Waals surface area contributed by atoms with Crippen molar-refractivity contribution < 1.29 is 13.2 Å². The minimum Gasteiger partial charge on any atom is -0.399 e. The van der Waals surface area contributed by atoms with Crippen LogP contribution in [0, 0.1) is 5.41 Å². The van der Waals surface area contributed by atoms with Gasteiger partial charge in [0, 0.05) is 25.3 Å². The van der Waals surface area contributed by atoms with Gasteiger partial charge in [-0.3, -0.25) is 10.2 Å². The predicted octanol–water partition coefficient (Wildman–Crippen LogP) is 3.76. The number of hydrogen-bond donors (Lipinski definition) is 3. The Morgan fingerprint density at radius 3 is 2.51 bits per heavy atom. The molecule has 1 aliphatic heterocycles. The largest absolute Gasteiger partial charge is 0.399 e. The second kappa shape index (κ2) is 9.97. The van der Waals surface area contributed by atoms with Gasteiger partial charge in [0.05, 0.1) is 9.77 Å². The highest BCUT2D eigenvalue weighted by Crippen LogP contribution is 2.30. The van der Waals surface area contributed by atoms with Gasteiger partial charge in [0.2, 0.25) is 15.9 Å². The van der Waals surface area contributed by atoms with Crippen molar-refractivity contribution in [2.75, 3.05) is 12.3 Å². The number of fused-ring (bicyclic) bond motifs is 1. The molecule has 8 nitrogen and oxygen atoms in total. The Kier molecular flexibility index (Phi) is 6.72. The molecule has 0 spiro atoms. The normalized spacial score (nSPS) is 16.1. The molecule has 37 heavy (non-hydrogen) atoms. The smallest absolute Gasteiger partial charge is 0.244 e. The van der Waals surface area contributed by atoms with Crippen molar-refractivity contribution >= 4 is 49.6 Å². The van der Waals surface area contributed by atoms with E-state index in [4.69, 9.17) is 16.9 Å². The summed E-state index contributed by atoms with van der Waals surface area (Å²) in [5, 5.41) is 11.1. The predicted molar refractivity (Wildman–Crippen MR) is 147 cm³/mol. The third-order valence-corrected chi connectivity index (χ3v) is 9.40.